The summed E-state index contributed by atoms with van der Waals surface area (Å²) in [6, 6.07) is 7.76. The van der Waals surface area contributed by atoms with E-state index in [4.69, 9.17) is 14.5 Å². The number of hydrogen-bond donors (Lipinski definition) is 2. The van der Waals surface area contributed by atoms with Crippen LogP contribution in [-0.2, 0) is 14.3 Å². The van der Waals surface area contributed by atoms with Crippen LogP contribution in [0, 0.1) is 5.92 Å². The molecule has 2 aliphatic rings. The van der Waals surface area contributed by atoms with Crippen LogP contribution in [0.3, 0.4) is 0 Å². The number of ether oxygens (including phenoxy) is 2. The number of aromatic nitrogens is 3. The molecule has 2 aliphatic heterocycles. The summed E-state index contributed by atoms with van der Waals surface area (Å²) < 4.78 is 10.9. The molecule has 5 heterocycles. The lowest BCUT2D eigenvalue weighted by atomic mass is 10.0. The van der Waals surface area contributed by atoms with Gasteiger partial charge in [-0.1, -0.05) is 13.8 Å². The third-order valence-corrected chi connectivity index (χ3v) is 7.74. The van der Waals surface area contributed by atoms with Crippen LogP contribution in [-0.4, -0.2) is 88.9 Å². The standard InChI is InChI=1S/C32H43N7O4/c1-21(2)28(37-31(41)43-32(3,4)5)30(40)39-14-12-38(13-15-39)29-25-7-10-33-20-23(25)18-26(36-29)22-6-11-34-27(19-22)35-24-8-16-42-17-9-24/h6-7,10-11,18-21,24,28H,8-9,12-17H2,1-5H3,(H,34,35)(H,37,41). The predicted molar refractivity (Wildman–Crippen MR) is 167 cm³/mol. The van der Waals surface area contributed by atoms with Gasteiger partial charge in [0.25, 0.3) is 0 Å². The molecule has 3 aromatic heterocycles. The Kier molecular flexibility index (Phi) is 9.29. The summed E-state index contributed by atoms with van der Waals surface area (Å²) in [5, 5.41) is 8.35. The lowest BCUT2D eigenvalue weighted by Crippen LogP contribution is -2.57. The zero-order chi connectivity index (χ0) is 30.6. The molecule has 230 valence electrons. The first kappa shape index (κ1) is 30.5. The van der Waals surface area contributed by atoms with Gasteiger partial charge in [-0.2, -0.15) is 0 Å². The zero-order valence-electron chi connectivity index (χ0n) is 25.8. The average molecular weight is 590 g/mol. The second kappa shape index (κ2) is 13.1. The van der Waals surface area contributed by atoms with E-state index in [0.717, 1.165) is 59.7 Å². The Balaban J connectivity index is 1.32. The van der Waals surface area contributed by atoms with E-state index < -0.39 is 17.7 Å². The second-order valence-electron chi connectivity index (χ2n) is 12.6. The molecule has 0 bridgehead atoms. The molecule has 11 nitrogen and oxygen atoms in total. The zero-order valence-corrected chi connectivity index (χ0v) is 25.8. The molecule has 43 heavy (non-hydrogen) atoms. The second-order valence-corrected chi connectivity index (χ2v) is 12.6. The largest absolute Gasteiger partial charge is 0.444 e. The van der Waals surface area contributed by atoms with Gasteiger partial charge in [0.2, 0.25) is 5.91 Å². The summed E-state index contributed by atoms with van der Waals surface area (Å²) >= 11 is 0. The Morgan fingerprint density at radius 2 is 1.79 bits per heavy atom. The number of carbonyl (C=O) groups is 2. The van der Waals surface area contributed by atoms with Gasteiger partial charge < -0.3 is 29.9 Å². The quantitative estimate of drug-likeness (QED) is 0.411. The first-order valence-corrected chi connectivity index (χ1v) is 15.2. The van der Waals surface area contributed by atoms with Gasteiger partial charge in [0.05, 0.1) is 5.69 Å². The van der Waals surface area contributed by atoms with Crippen molar-refractivity contribution in [2.45, 2.75) is 65.1 Å². The van der Waals surface area contributed by atoms with Gasteiger partial charge in [-0.3, -0.25) is 9.78 Å². The van der Waals surface area contributed by atoms with Gasteiger partial charge in [-0.15, -0.1) is 0 Å². The van der Waals surface area contributed by atoms with Gasteiger partial charge >= 0.3 is 6.09 Å². The lowest BCUT2D eigenvalue weighted by Gasteiger charge is -2.38. The molecule has 0 spiro atoms. The monoisotopic (exact) mass is 589 g/mol. The number of piperazine rings is 1. The van der Waals surface area contributed by atoms with Crippen molar-refractivity contribution in [3.05, 3.63) is 42.9 Å². The number of amides is 2. The van der Waals surface area contributed by atoms with E-state index in [1.54, 1.807) is 27.0 Å². The van der Waals surface area contributed by atoms with Crippen molar-refractivity contribution in [2.24, 2.45) is 5.92 Å². The number of anilines is 2. The third kappa shape index (κ3) is 7.70. The number of hydrogen-bond acceptors (Lipinski definition) is 9. The number of rotatable bonds is 7. The fourth-order valence-electron chi connectivity index (χ4n) is 5.47. The molecule has 11 heteroatoms. The van der Waals surface area contributed by atoms with Crippen molar-refractivity contribution in [1.82, 2.24) is 25.2 Å². The SMILES string of the molecule is CC(C)C(NC(=O)OC(C)(C)C)C(=O)N1CCN(c2nc(-c3ccnc(NC4CCOCC4)c3)cc3cnccc23)CC1. The molecule has 2 fully saturated rings. The maximum atomic E-state index is 13.5. The van der Waals surface area contributed by atoms with Crippen LogP contribution in [0.15, 0.2) is 42.9 Å². The summed E-state index contributed by atoms with van der Waals surface area (Å²) in [5.74, 6) is 1.51. The highest BCUT2D eigenvalue weighted by Gasteiger charge is 2.32. The number of carbonyl (C=O) groups excluding carboxylic acids is 2. The van der Waals surface area contributed by atoms with Crippen LogP contribution in [0.4, 0.5) is 16.4 Å². The number of alkyl carbamates (subject to hydrolysis) is 1. The van der Waals surface area contributed by atoms with E-state index in [2.05, 4.69) is 31.6 Å². The number of nitrogens with one attached hydrogen (secondary N) is 2. The fraction of sp³-hybridized carbons (Fsp3) is 0.531. The summed E-state index contributed by atoms with van der Waals surface area (Å²) in [7, 11) is 0. The summed E-state index contributed by atoms with van der Waals surface area (Å²) in [4.78, 5) is 44.1. The van der Waals surface area contributed by atoms with E-state index >= 15 is 0 Å². The highest BCUT2D eigenvalue weighted by Crippen LogP contribution is 2.31. The van der Waals surface area contributed by atoms with Gasteiger partial charge in [0.1, 0.15) is 23.3 Å². The van der Waals surface area contributed by atoms with Crippen LogP contribution >= 0.6 is 0 Å². The van der Waals surface area contributed by atoms with Crippen LogP contribution in [0.25, 0.3) is 22.0 Å². The molecule has 2 saturated heterocycles. The Bertz CT molecular complexity index is 1430. The minimum atomic E-state index is -0.662. The number of pyridine rings is 3. The van der Waals surface area contributed by atoms with Crippen molar-refractivity contribution in [1.29, 1.82) is 0 Å². The number of nitrogens with zero attached hydrogens (tertiary/aromatic N) is 5. The van der Waals surface area contributed by atoms with Crippen molar-refractivity contribution >= 4 is 34.4 Å². The Labute approximate surface area is 253 Å². The Morgan fingerprint density at radius 1 is 1.05 bits per heavy atom. The smallest absolute Gasteiger partial charge is 0.408 e. The van der Waals surface area contributed by atoms with Crippen molar-refractivity contribution in [3.63, 3.8) is 0 Å². The molecule has 0 aliphatic carbocycles. The third-order valence-electron chi connectivity index (χ3n) is 7.74. The molecule has 0 aromatic carbocycles. The molecule has 3 aromatic rings. The first-order valence-electron chi connectivity index (χ1n) is 15.2. The predicted octanol–water partition coefficient (Wildman–Crippen LogP) is 4.48. The lowest BCUT2D eigenvalue weighted by molar-refractivity contribution is -0.134. The first-order chi connectivity index (χ1) is 20.6. The summed E-state index contributed by atoms with van der Waals surface area (Å²) in [6.45, 7) is 13.1. The van der Waals surface area contributed by atoms with E-state index in [-0.39, 0.29) is 11.8 Å². The van der Waals surface area contributed by atoms with Crippen molar-refractivity contribution < 1.29 is 19.1 Å². The minimum absolute atomic E-state index is 0.0842. The van der Waals surface area contributed by atoms with Crippen LogP contribution in [0.5, 0.6) is 0 Å². The molecule has 5 rings (SSSR count). The molecule has 1 atom stereocenters. The molecular weight excluding hydrogens is 546 g/mol. The van der Waals surface area contributed by atoms with E-state index in [9.17, 15) is 9.59 Å². The molecule has 2 amide bonds. The summed E-state index contributed by atoms with van der Waals surface area (Å²) in [5.41, 5.74) is 1.17. The van der Waals surface area contributed by atoms with E-state index in [0.29, 0.717) is 32.2 Å². The van der Waals surface area contributed by atoms with Crippen molar-refractivity contribution in [3.8, 4) is 11.3 Å². The molecule has 0 saturated carbocycles. The van der Waals surface area contributed by atoms with Crippen molar-refractivity contribution in [2.75, 3.05) is 49.6 Å². The van der Waals surface area contributed by atoms with E-state index in [1.807, 2.05) is 49.3 Å². The fourth-order valence-corrected chi connectivity index (χ4v) is 5.47. The Hall–Kier alpha value is -3.99. The highest BCUT2D eigenvalue weighted by molar-refractivity contribution is 5.94. The summed E-state index contributed by atoms with van der Waals surface area (Å²) in [6.07, 6.45) is 6.79. The Morgan fingerprint density at radius 3 is 2.49 bits per heavy atom. The molecule has 0 radical (unpaired) electrons. The molecule has 1 unspecified atom stereocenters. The average Bonchev–Trinajstić information content (AvgIpc) is 2.99. The van der Waals surface area contributed by atoms with E-state index in [1.165, 1.54) is 0 Å². The normalized spacial score (nSPS) is 17.2. The molecule has 2 N–H and O–H groups in total. The maximum Gasteiger partial charge on any atom is 0.408 e. The van der Waals surface area contributed by atoms with Gasteiger partial charge in [0.15, 0.2) is 0 Å². The maximum absolute atomic E-state index is 13.5. The number of fused-ring (bicyclic) bond motifs is 1. The molecular formula is C32H43N7O4. The minimum Gasteiger partial charge on any atom is -0.444 e. The van der Waals surface area contributed by atoms with Crippen LogP contribution in [0.2, 0.25) is 0 Å². The van der Waals surface area contributed by atoms with Crippen LogP contribution in [0.1, 0.15) is 47.5 Å². The van der Waals surface area contributed by atoms with Crippen LogP contribution < -0.4 is 15.5 Å². The highest BCUT2D eigenvalue weighted by atomic mass is 16.6. The van der Waals surface area contributed by atoms with Gasteiger partial charge in [-0.05, 0) is 63.8 Å². The van der Waals surface area contributed by atoms with Gasteiger partial charge in [0, 0.05) is 80.4 Å². The topological polar surface area (TPSA) is 122 Å². The van der Waals surface area contributed by atoms with Gasteiger partial charge in [-0.25, -0.2) is 14.8 Å².